The molecule has 0 saturated heterocycles. The molecular weight excluding hydrogens is 839 g/mol. The van der Waals surface area contributed by atoms with Gasteiger partial charge in [0.2, 0.25) is 0 Å². The molecule has 3 nitrogen and oxygen atoms in total. The molecule has 322 valence electrons. The molecule has 0 aromatic heterocycles. The molecule has 2 aliphatic carbocycles. The molecule has 2 spiro atoms. The highest BCUT2D eigenvalue weighted by Gasteiger charge is 2.53. The van der Waals surface area contributed by atoms with Crippen molar-refractivity contribution in [2.75, 3.05) is 4.90 Å². The molecule has 0 atom stereocenters. The topological polar surface area (TPSA) is 21.7 Å². The summed E-state index contributed by atoms with van der Waals surface area (Å²) in [6.07, 6.45) is 0. The monoisotopic (exact) mass is 879 g/mol. The van der Waals surface area contributed by atoms with Crippen molar-refractivity contribution in [2.24, 2.45) is 0 Å². The normalized spacial score (nSPS) is 14.3. The van der Waals surface area contributed by atoms with Crippen molar-refractivity contribution in [3.8, 4) is 56.4 Å². The Morgan fingerprint density at radius 2 is 0.667 bits per heavy atom. The summed E-state index contributed by atoms with van der Waals surface area (Å²) in [7, 11) is 0. The molecule has 2 aliphatic heterocycles. The number of hydrogen-bond donors (Lipinski definition) is 0. The highest BCUT2D eigenvalue weighted by molar-refractivity contribution is 6.07. The number of anilines is 3. The first kappa shape index (κ1) is 38.2. The Hall–Kier alpha value is -8.92. The van der Waals surface area contributed by atoms with Crippen molar-refractivity contribution in [1.82, 2.24) is 0 Å². The third-order valence-corrected chi connectivity index (χ3v) is 15.4. The van der Waals surface area contributed by atoms with Gasteiger partial charge in [-0.3, -0.25) is 0 Å². The number of fused-ring (bicyclic) bond motifs is 19. The van der Waals surface area contributed by atoms with Gasteiger partial charge in [-0.1, -0.05) is 194 Å². The van der Waals surface area contributed by atoms with Crippen LogP contribution in [0.2, 0.25) is 0 Å². The molecule has 2 heterocycles. The van der Waals surface area contributed by atoms with Crippen molar-refractivity contribution in [1.29, 1.82) is 0 Å². The molecule has 0 bridgehead atoms. The Labute approximate surface area is 400 Å². The number of benzene rings is 11. The van der Waals surface area contributed by atoms with Crippen LogP contribution < -0.4 is 14.4 Å². The molecular formula is C66H41NO2. The van der Waals surface area contributed by atoms with E-state index < -0.39 is 10.8 Å². The maximum absolute atomic E-state index is 6.75. The van der Waals surface area contributed by atoms with Crippen molar-refractivity contribution >= 4 is 27.8 Å². The van der Waals surface area contributed by atoms with Crippen LogP contribution in [0.25, 0.3) is 44.2 Å². The summed E-state index contributed by atoms with van der Waals surface area (Å²) in [6.45, 7) is 0. The molecule has 0 saturated carbocycles. The second-order valence-corrected chi connectivity index (χ2v) is 18.6. The van der Waals surface area contributed by atoms with E-state index in [1.165, 1.54) is 66.4 Å². The average Bonchev–Trinajstić information content (AvgIpc) is 3.86. The van der Waals surface area contributed by atoms with Gasteiger partial charge in [-0.2, -0.15) is 0 Å². The fourth-order valence-electron chi connectivity index (χ4n) is 12.7. The number of hydrogen-bond acceptors (Lipinski definition) is 3. The van der Waals surface area contributed by atoms with E-state index in [1.807, 2.05) is 0 Å². The molecule has 0 fully saturated rings. The maximum atomic E-state index is 6.75. The van der Waals surface area contributed by atoms with E-state index >= 15 is 0 Å². The van der Waals surface area contributed by atoms with Crippen LogP contribution >= 0.6 is 0 Å². The van der Waals surface area contributed by atoms with Crippen molar-refractivity contribution in [3.05, 3.63) is 293 Å². The van der Waals surface area contributed by atoms with Gasteiger partial charge in [0.15, 0.2) is 0 Å². The summed E-state index contributed by atoms with van der Waals surface area (Å²) in [4.78, 5) is 2.50. The van der Waals surface area contributed by atoms with Crippen LogP contribution in [-0.4, -0.2) is 0 Å². The zero-order chi connectivity index (χ0) is 45.3. The first-order valence-electron chi connectivity index (χ1n) is 23.8. The van der Waals surface area contributed by atoms with Crippen LogP contribution in [0.3, 0.4) is 0 Å². The lowest BCUT2D eigenvalue weighted by Crippen LogP contribution is -2.32. The second kappa shape index (κ2) is 14.3. The minimum atomic E-state index is -0.620. The first-order valence-corrected chi connectivity index (χ1v) is 23.8. The summed E-state index contributed by atoms with van der Waals surface area (Å²) >= 11 is 0. The van der Waals surface area contributed by atoms with Crippen LogP contribution in [0.1, 0.15) is 44.5 Å². The molecule has 0 unspecified atom stereocenters. The van der Waals surface area contributed by atoms with Crippen LogP contribution in [-0.2, 0) is 10.8 Å². The minimum Gasteiger partial charge on any atom is -0.457 e. The van der Waals surface area contributed by atoms with Gasteiger partial charge in [0.1, 0.15) is 23.0 Å². The van der Waals surface area contributed by atoms with E-state index in [9.17, 15) is 0 Å². The van der Waals surface area contributed by atoms with Crippen molar-refractivity contribution in [3.63, 3.8) is 0 Å². The molecule has 69 heavy (non-hydrogen) atoms. The van der Waals surface area contributed by atoms with Gasteiger partial charge in [0.25, 0.3) is 0 Å². The van der Waals surface area contributed by atoms with Crippen LogP contribution in [0.15, 0.2) is 249 Å². The van der Waals surface area contributed by atoms with Gasteiger partial charge in [-0.25, -0.2) is 0 Å². The third kappa shape index (κ3) is 5.06. The molecule has 15 rings (SSSR count). The Bertz CT molecular complexity index is 3850. The largest absolute Gasteiger partial charge is 0.457 e. The van der Waals surface area contributed by atoms with Crippen LogP contribution in [0, 0.1) is 0 Å². The quantitative estimate of drug-likeness (QED) is 0.176. The lowest BCUT2D eigenvalue weighted by Gasteiger charge is -2.40. The number of ether oxygens (including phenoxy) is 2. The fourth-order valence-corrected chi connectivity index (χ4v) is 12.7. The van der Waals surface area contributed by atoms with E-state index in [4.69, 9.17) is 9.47 Å². The molecule has 11 aromatic rings. The lowest BCUT2D eigenvalue weighted by molar-refractivity contribution is 0.436. The lowest BCUT2D eigenvalue weighted by atomic mass is 9.66. The minimum absolute atomic E-state index is 0.569. The average molecular weight is 880 g/mol. The summed E-state index contributed by atoms with van der Waals surface area (Å²) in [5.41, 5.74) is 19.0. The SMILES string of the molecule is c1ccc(-c2ccc(N(c3ccc4c(c3)-c3ccccc3C43c4ccccc4Oc4ccccc43)c3ccc4c(c3)C3(c5ccccc5Oc5ccccc53)c3ccccc3-4)c3ccccc23)cc1. The van der Waals surface area contributed by atoms with E-state index in [0.717, 1.165) is 62.3 Å². The van der Waals surface area contributed by atoms with Crippen molar-refractivity contribution < 1.29 is 9.47 Å². The van der Waals surface area contributed by atoms with Gasteiger partial charge in [-0.15, -0.1) is 0 Å². The molecule has 11 aromatic carbocycles. The van der Waals surface area contributed by atoms with Gasteiger partial charge in [0, 0.05) is 39.0 Å². The Kier molecular flexibility index (Phi) is 7.92. The van der Waals surface area contributed by atoms with Gasteiger partial charge in [-0.05, 0) is 116 Å². The van der Waals surface area contributed by atoms with E-state index in [1.54, 1.807) is 0 Å². The summed E-state index contributed by atoms with van der Waals surface area (Å²) in [6, 6.07) is 91.0. The zero-order valence-electron chi connectivity index (χ0n) is 37.4. The molecule has 0 amide bonds. The smallest absolute Gasteiger partial charge is 0.132 e. The van der Waals surface area contributed by atoms with Gasteiger partial charge in [0.05, 0.1) is 16.5 Å². The summed E-state index contributed by atoms with van der Waals surface area (Å²) < 4.78 is 13.4. The zero-order valence-corrected chi connectivity index (χ0v) is 37.4. The number of nitrogens with zero attached hydrogens (tertiary/aromatic N) is 1. The second-order valence-electron chi connectivity index (χ2n) is 18.6. The van der Waals surface area contributed by atoms with Crippen LogP contribution in [0.5, 0.6) is 23.0 Å². The number of para-hydroxylation sites is 4. The maximum Gasteiger partial charge on any atom is 0.132 e. The van der Waals surface area contributed by atoms with E-state index in [-0.39, 0.29) is 0 Å². The van der Waals surface area contributed by atoms with Crippen molar-refractivity contribution in [2.45, 2.75) is 10.8 Å². The molecule has 0 radical (unpaired) electrons. The number of rotatable bonds is 4. The first-order chi connectivity index (χ1) is 34.2. The Balaban J connectivity index is 1.02. The summed E-state index contributed by atoms with van der Waals surface area (Å²) in [5.74, 6) is 3.54. The fraction of sp³-hybridized carbons (Fsp3) is 0.0303. The molecule has 3 heteroatoms. The van der Waals surface area contributed by atoms with Gasteiger partial charge < -0.3 is 14.4 Å². The van der Waals surface area contributed by atoms with E-state index in [0.29, 0.717) is 0 Å². The summed E-state index contributed by atoms with van der Waals surface area (Å²) in [5, 5.41) is 2.37. The predicted octanol–water partition coefficient (Wildman–Crippen LogP) is 16.9. The van der Waals surface area contributed by atoms with Gasteiger partial charge >= 0.3 is 0 Å². The van der Waals surface area contributed by atoms with E-state index in [2.05, 4.69) is 254 Å². The Morgan fingerprint density at radius 1 is 0.261 bits per heavy atom. The standard InChI is InChI=1S/C66H41NO2/c1-2-18-42(19-3-1)45-37-39-60(50-23-5-4-20-46(45)50)67(43-35-38-54-51(40-43)48-22-7-9-25-53(48)65(54)55-26-10-14-30-61(55)68-62-31-15-11-27-56(62)65)44-34-36-49-47-21-6-8-24-52(47)66(59(49)41-44)57-28-12-16-32-63(57)69-64-33-17-13-29-58(64)66/h1-41H. The Morgan fingerprint density at radius 3 is 1.26 bits per heavy atom. The van der Waals surface area contributed by atoms with Crippen LogP contribution in [0.4, 0.5) is 17.1 Å². The molecule has 4 aliphatic rings. The highest BCUT2D eigenvalue weighted by atomic mass is 16.5. The molecule has 0 N–H and O–H groups in total. The highest BCUT2D eigenvalue weighted by Crippen LogP contribution is 2.65. The third-order valence-electron chi connectivity index (χ3n) is 15.4. The predicted molar refractivity (Wildman–Crippen MR) is 279 cm³/mol.